The molecule has 0 radical (unpaired) electrons. The molecule has 1 aliphatic rings. The molecule has 2 unspecified atom stereocenters. The molecule has 0 saturated carbocycles. The summed E-state index contributed by atoms with van der Waals surface area (Å²) in [6.07, 6.45) is 6.74. The number of amides is 1. The minimum Gasteiger partial charge on any atom is -0.497 e. The average Bonchev–Trinajstić information content (AvgIpc) is 2.88. The van der Waals surface area contributed by atoms with E-state index >= 15 is 0 Å². The number of methoxy groups -OCH3 is 1. The van der Waals surface area contributed by atoms with Gasteiger partial charge >= 0.3 is 5.97 Å². The number of carbonyl (C=O) groups is 2. The number of nitrogens with zero attached hydrogens (tertiary/aromatic N) is 1. The summed E-state index contributed by atoms with van der Waals surface area (Å²) in [4.78, 5) is 25.4. The highest BCUT2D eigenvalue weighted by Crippen LogP contribution is 2.43. The molecule has 25 heavy (non-hydrogen) atoms. The predicted molar refractivity (Wildman–Crippen MR) is 98.1 cm³/mol. The number of unbranched alkanes of at least 4 members (excludes halogenated alkanes) is 4. The van der Waals surface area contributed by atoms with Gasteiger partial charge < -0.3 is 14.4 Å². The molecule has 2 atom stereocenters. The van der Waals surface area contributed by atoms with Crippen molar-refractivity contribution in [3.63, 3.8) is 0 Å². The Morgan fingerprint density at radius 3 is 2.68 bits per heavy atom. The Morgan fingerprint density at radius 1 is 1.24 bits per heavy atom. The summed E-state index contributed by atoms with van der Waals surface area (Å²) in [5.74, 6) is 0.463. The molecule has 138 valence electrons. The molecular weight excluding hydrogens is 318 g/mol. The van der Waals surface area contributed by atoms with Gasteiger partial charge in [-0.3, -0.25) is 9.59 Å². The number of carbonyl (C=O) groups excluding carboxylic acids is 2. The first-order chi connectivity index (χ1) is 12.1. The van der Waals surface area contributed by atoms with E-state index in [9.17, 15) is 9.59 Å². The quantitative estimate of drug-likeness (QED) is 0.364. The molecule has 0 spiro atoms. The number of fused-ring (bicyclic) bond motifs is 1. The minimum atomic E-state index is -0.200. The fourth-order valence-electron chi connectivity index (χ4n) is 3.43. The standard InChI is InChI=1S/C20H29NO4/c1-4-5-6-7-8-11-25-20(23)13-17-15(2)21(14-22)19-10-9-16(24-3)12-18(17)19/h9-10,12,14-15,17H,4-8,11,13H2,1-3H3. The number of hydrogen-bond acceptors (Lipinski definition) is 4. The van der Waals surface area contributed by atoms with E-state index in [-0.39, 0.29) is 24.3 Å². The van der Waals surface area contributed by atoms with Gasteiger partial charge in [0, 0.05) is 17.6 Å². The summed E-state index contributed by atoms with van der Waals surface area (Å²) in [6.45, 7) is 4.62. The van der Waals surface area contributed by atoms with Crippen LogP contribution in [0.4, 0.5) is 5.69 Å². The Kier molecular flexibility index (Phi) is 7.29. The first-order valence-corrected chi connectivity index (χ1v) is 9.19. The molecule has 5 heteroatoms. The van der Waals surface area contributed by atoms with Crippen molar-refractivity contribution in [2.45, 2.75) is 64.3 Å². The van der Waals surface area contributed by atoms with E-state index in [2.05, 4.69) is 6.92 Å². The topological polar surface area (TPSA) is 55.8 Å². The van der Waals surface area contributed by atoms with Crippen LogP contribution in [0.5, 0.6) is 5.75 Å². The van der Waals surface area contributed by atoms with E-state index in [4.69, 9.17) is 9.47 Å². The highest BCUT2D eigenvalue weighted by atomic mass is 16.5. The Labute approximate surface area is 150 Å². The summed E-state index contributed by atoms with van der Waals surface area (Å²) >= 11 is 0. The predicted octanol–water partition coefficient (Wildman–Crippen LogP) is 4.05. The lowest BCUT2D eigenvalue weighted by molar-refractivity contribution is -0.144. The highest BCUT2D eigenvalue weighted by Gasteiger charge is 2.37. The van der Waals surface area contributed by atoms with Crippen molar-refractivity contribution >= 4 is 18.1 Å². The normalized spacial score (nSPS) is 18.8. The van der Waals surface area contributed by atoms with Gasteiger partial charge in [-0.05, 0) is 37.1 Å². The number of anilines is 1. The Morgan fingerprint density at radius 2 is 2.00 bits per heavy atom. The SMILES string of the molecule is CCCCCCCOC(=O)CC1c2cc(OC)ccc2N(C=O)C1C. The summed E-state index contributed by atoms with van der Waals surface area (Å²) in [5.41, 5.74) is 1.82. The van der Waals surface area contributed by atoms with E-state index in [0.717, 1.165) is 36.3 Å². The van der Waals surface area contributed by atoms with Crippen LogP contribution in [-0.2, 0) is 14.3 Å². The fraction of sp³-hybridized carbons (Fsp3) is 0.600. The largest absolute Gasteiger partial charge is 0.497 e. The number of esters is 1. The van der Waals surface area contributed by atoms with Crippen molar-refractivity contribution in [3.8, 4) is 5.75 Å². The molecule has 1 aliphatic heterocycles. The smallest absolute Gasteiger partial charge is 0.306 e. The average molecular weight is 347 g/mol. The zero-order valence-corrected chi connectivity index (χ0v) is 15.5. The second-order valence-electron chi connectivity index (χ2n) is 6.62. The van der Waals surface area contributed by atoms with Crippen LogP contribution in [0.15, 0.2) is 18.2 Å². The molecule has 1 heterocycles. The van der Waals surface area contributed by atoms with Gasteiger partial charge in [-0.25, -0.2) is 0 Å². The molecule has 5 nitrogen and oxygen atoms in total. The van der Waals surface area contributed by atoms with Crippen molar-refractivity contribution < 1.29 is 19.1 Å². The summed E-state index contributed by atoms with van der Waals surface area (Å²) in [7, 11) is 1.61. The summed E-state index contributed by atoms with van der Waals surface area (Å²) in [6, 6.07) is 5.55. The Hall–Kier alpha value is -2.04. The van der Waals surface area contributed by atoms with Gasteiger partial charge in [0.2, 0.25) is 6.41 Å². The summed E-state index contributed by atoms with van der Waals surface area (Å²) < 4.78 is 10.7. The fourth-order valence-corrected chi connectivity index (χ4v) is 3.43. The van der Waals surface area contributed by atoms with Crippen LogP contribution in [0.25, 0.3) is 0 Å². The van der Waals surface area contributed by atoms with Crippen molar-refractivity contribution in [2.24, 2.45) is 0 Å². The van der Waals surface area contributed by atoms with Crippen molar-refractivity contribution in [2.75, 3.05) is 18.6 Å². The molecule has 0 aromatic heterocycles. The molecular formula is C20H29NO4. The Balaban J connectivity index is 1.95. The van der Waals surface area contributed by atoms with Crippen LogP contribution in [0.2, 0.25) is 0 Å². The number of rotatable bonds is 10. The Bertz CT molecular complexity index is 587. The molecule has 0 aliphatic carbocycles. The lowest BCUT2D eigenvalue weighted by atomic mass is 9.92. The van der Waals surface area contributed by atoms with Crippen molar-refractivity contribution in [1.29, 1.82) is 0 Å². The van der Waals surface area contributed by atoms with Gasteiger partial charge in [-0.2, -0.15) is 0 Å². The minimum absolute atomic E-state index is 0.0668. The molecule has 0 bridgehead atoms. The van der Waals surface area contributed by atoms with E-state index in [0.29, 0.717) is 6.61 Å². The molecule has 2 rings (SSSR count). The zero-order chi connectivity index (χ0) is 18.2. The lowest BCUT2D eigenvalue weighted by Crippen LogP contribution is -2.31. The van der Waals surface area contributed by atoms with Crippen molar-refractivity contribution in [1.82, 2.24) is 0 Å². The second-order valence-corrected chi connectivity index (χ2v) is 6.62. The molecule has 1 aromatic carbocycles. The van der Waals surface area contributed by atoms with Gasteiger partial charge in [0.1, 0.15) is 5.75 Å². The maximum atomic E-state index is 12.2. The maximum absolute atomic E-state index is 12.2. The van der Waals surface area contributed by atoms with Gasteiger partial charge in [0.15, 0.2) is 0 Å². The van der Waals surface area contributed by atoms with Crippen LogP contribution in [0.3, 0.4) is 0 Å². The van der Waals surface area contributed by atoms with E-state index < -0.39 is 0 Å². The van der Waals surface area contributed by atoms with Crippen LogP contribution < -0.4 is 9.64 Å². The van der Waals surface area contributed by atoms with Gasteiger partial charge in [0.05, 0.1) is 20.1 Å². The van der Waals surface area contributed by atoms with Crippen LogP contribution >= 0.6 is 0 Å². The van der Waals surface area contributed by atoms with Crippen molar-refractivity contribution in [3.05, 3.63) is 23.8 Å². The molecule has 0 N–H and O–H groups in total. The first kappa shape index (κ1) is 19.3. The van der Waals surface area contributed by atoms with Gasteiger partial charge in [-0.1, -0.05) is 32.6 Å². The second kappa shape index (κ2) is 9.44. The number of hydrogen-bond donors (Lipinski definition) is 0. The monoisotopic (exact) mass is 347 g/mol. The lowest BCUT2D eigenvalue weighted by Gasteiger charge is -2.20. The third-order valence-corrected chi connectivity index (χ3v) is 4.94. The number of benzene rings is 1. The maximum Gasteiger partial charge on any atom is 0.306 e. The number of ether oxygens (including phenoxy) is 2. The van der Waals surface area contributed by atoms with E-state index in [1.54, 1.807) is 12.0 Å². The molecule has 0 saturated heterocycles. The van der Waals surface area contributed by atoms with Crippen LogP contribution in [0.1, 0.15) is 63.9 Å². The molecule has 1 aromatic rings. The van der Waals surface area contributed by atoms with E-state index in [1.165, 1.54) is 19.3 Å². The van der Waals surface area contributed by atoms with Gasteiger partial charge in [0.25, 0.3) is 0 Å². The third-order valence-electron chi connectivity index (χ3n) is 4.94. The first-order valence-electron chi connectivity index (χ1n) is 9.19. The van der Waals surface area contributed by atoms with Crippen LogP contribution in [-0.4, -0.2) is 32.1 Å². The zero-order valence-electron chi connectivity index (χ0n) is 15.5. The van der Waals surface area contributed by atoms with Crippen LogP contribution in [0, 0.1) is 0 Å². The molecule has 0 fully saturated rings. The third kappa shape index (κ3) is 4.74. The van der Waals surface area contributed by atoms with E-state index in [1.807, 2.05) is 25.1 Å². The van der Waals surface area contributed by atoms with Gasteiger partial charge in [-0.15, -0.1) is 0 Å². The summed E-state index contributed by atoms with van der Waals surface area (Å²) in [5, 5.41) is 0. The molecule has 1 amide bonds. The highest BCUT2D eigenvalue weighted by molar-refractivity contribution is 5.83.